The van der Waals surface area contributed by atoms with E-state index in [4.69, 9.17) is 0 Å². The van der Waals surface area contributed by atoms with Crippen LogP contribution in [0.4, 0.5) is 0 Å². The highest BCUT2D eigenvalue weighted by molar-refractivity contribution is 5.66. The van der Waals surface area contributed by atoms with Crippen LogP contribution in [0, 0.1) is 5.92 Å². The Hall–Kier alpha value is -0.850. The summed E-state index contributed by atoms with van der Waals surface area (Å²) in [6, 6.07) is 0. The van der Waals surface area contributed by atoms with Crippen LogP contribution in [-0.2, 0) is 4.79 Å². The average Bonchev–Trinajstić information content (AvgIpc) is 2.04. The predicted octanol–water partition coefficient (Wildman–Crippen LogP) is 3.51. The van der Waals surface area contributed by atoms with Gasteiger partial charge in [-0.15, -0.1) is 0 Å². The van der Waals surface area contributed by atoms with Gasteiger partial charge in [-0.3, -0.25) is 4.79 Å². The molecule has 0 rings (SSSR count). The minimum atomic E-state index is 0.515. The number of allylic oxidation sites excluding steroid dienone is 4. The molecule has 0 saturated carbocycles. The molecule has 0 aliphatic rings. The Balaban J connectivity index is 3.87. The zero-order valence-corrected chi connectivity index (χ0v) is 9.13. The maximum absolute atomic E-state index is 10.2. The molecule has 1 heteroatoms. The van der Waals surface area contributed by atoms with E-state index in [1.54, 1.807) is 6.08 Å². The predicted molar refractivity (Wildman–Crippen MR) is 57.7 cm³/mol. The van der Waals surface area contributed by atoms with Crippen molar-refractivity contribution in [1.29, 1.82) is 0 Å². The van der Waals surface area contributed by atoms with Crippen LogP contribution in [0.1, 0.15) is 40.5 Å². The van der Waals surface area contributed by atoms with Gasteiger partial charge in [-0.2, -0.15) is 0 Å². The number of rotatable bonds is 5. The zero-order chi connectivity index (χ0) is 10.3. The summed E-state index contributed by atoms with van der Waals surface area (Å²) in [7, 11) is 0. The molecule has 0 spiro atoms. The van der Waals surface area contributed by atoms with Gasteiger partial charge in [0.05, 0.1) is 0 Å². The Morgan fingerprint density at radius 2 is 1.92 bits per heavy atom. The highest BCUT2D eigenvalue weighted by Crippen LogP contribution is 2.16. The van der Waals surface area contributed by atoms with E-state index in [-0.39, 0.29) is 0 Å². The monoisotopic (exact) mass is 180 g/mol. The first-order valence-corrected chi connectivity index (χ1v) is 4.83. The van der Waals surface area contributed by atoms with Crippen molar-refractivity contribution in [3.63, 3.8) is 0 Å². The topological polar surface area (TPSA) is 17.1 Å². The van der Waals surface area contributed by atoms with Crippen molar-refractivity contribution >= 4 is 6.29 Å². The summed E-state index contributed by atoms with van der Waals surface area (Å²) in [5.41, 5.74) is 2.54. The minimum Gasteiger partial charge on any atom is -0.299 e. The standard InChI is InChI=1S/C12H20O/c1-10(2)6-5-7-11(3)12(4)8-9-13/h6,8-9,11H,5,7H2,1-4H3/b12-8+. The van der Waals surface area contributed by atoms with Crippen molar-refractivity contribution in [2.75, 3.05) is 0 Å². The molecule has 13 heavy (non-hydrogen) atoms. The molecule has 74 valence electrons. The Kier molecular flexibility index (Phi) is 6.21. The molecule has 0 radical (unpaired) electrons. The fourth-order valence-electron chi connectivity index (χ4n) is 1.12. The molecule has 0 heterocycles. The Labute approximate surface area is 81.5 Å². The third-order valence-corrected chi connectivity index (χ3v) is 2.26. The summed E-state index contributed by atoms with van der Waals surface area (Å²) in [6.45, 7) is 8.40. The SMILES string of the molecule is CC(C)=CCCC(C)/C(C)=C/C=O. The van der Waals surface area contributed by atoms with Crippen LogP contribution in [0.3, 0.4) is 0 Å². The van der Waals surface area contributed by atoms with Gasteiger partial charge in [0.2, 0.25) is 0 Å². The molecule has 1 nitrogen and oxygen atoms in total. The fraction of sp³-hybridized carbons (Fsp3) is 0.583. The van der Waals surface area contributed by atoms with Crippen molar-refractivity contribution in [1.82, 2.24) is 0 Å². The molecular formula is C12H20O. The van der Waals surface area contributed by atoms with E-state index in [1.807, 2.05) is 6.92 Å². The molecule has 0 aliphatic heterocycles. The second-order valence-electron chi connectivity index (χ2n) is 3.81. The third kappa shape index (κ3) is 6.32. The van der Waals surface area contributed by atoms with Crippen LogP contribution in [-0.4, -0.2) is 6.29 Å². The number of hydrogen-bond donors (Lipinski definition) is 0. The highest BCUT2D eigenvalue weighted by atomic mass is 16.1. The van der Waals surface area contributed by atoms with Crippen LogP contribution in [0.25, 0.3) is 0 Å². The van der Waals surface area contributed by atoms with Crippen LogP contribution in [0.2, 0.25) is 0 Å². The lowest BCUT2D eigenvalue weighted by atomic mass is 9.97. The van der Waals surface area contributed by atoms with Gasteiger partial charge in [0.25, 0.3) is 0 Å². The number of carbonyl (C=O) groups excluding carboxylic acids is 1. The van der Waals surface area contributed by atoms with Crippen LogP contribution in [0.5, 0.6) is 0 Å². The molecule has 1 atom stereocenters. The molecule has 0 aromatic rings. The normalized spacial score (nSPS) is 13.7. The highest BCUT2D eigenvalue weighted by Gasteiger charge is 2.01. The number of aldehydes is 1. The molecule has 0 aliphatic carbocycles. The number of carbonyl (C=O) groups is 1. The van der Waals surface area contributed by atoms with E-state index in [1.165, 1.54) is 11.1 Å². The molecule has 0 aromatic heterocycles. The lowest BCUT2D eigenvalue weighted by Gasteiger charge is -2.09. The van der Waals surface area contributed by atoms with E-state index < -0.39 is 0 Å². The molecule has 1 unspecified atom stereocenters. The largest absolute Gasteiger partial charge is 0.299 e. The van der Waals surface area contributed by atoms with Crippen molar-refractivity contribution in [2.45, 2.75) is 40.5 Å². The smallest absolute Gasteiger partial charge is 0.142 e. The van der Waals surface area contributed by atoms with Gasteiger partial charge in [-0.25, -0.2) is 0 Å². The Bertz CT molecular complexity index is 207. The quantitative estimate of drug-likeness (QED) is 0.359. The van der Waals surface area contributed by atoms with E-state index in [0.29, 0.717) is 5.92 Å². The molecular weight excluding hydrogens is 160 g/mol. The molecule has 0 fully saturated rings. The Morgan fingerprint density at radius 3 is 2.38 bits per heavy atom. The van der Waals surface area contributed by atoms with Crippen LogP contribution >= 0.6 is 0 Å². The van der Waals surface area contributed by atoms with Gasteiger partial charge in [-0.1, -0.05) is 24.1 Å². The van der Waals surface area contributed by atoms with E-state index in [9.17, 15) is 4.79 Å². The van der Waals surface area contributed by atoms with Gasteiger partial charge < -0.3 is 0 Å². The molecule has 0 amide bonds. The van der Waals surface area contributed by atoms with Crippen LogP contribution in [0.15, 0.2) is 23.3 Å². The summed E-state index contributed by atoms with van der Waals surface area (Å²) in [4.78, 5) is 10.2. The van der Waals surface area contributed by atoms with E-state index >= 15 is 0 Å². The second kappa shape index (κ2) is 6.64. The summed E-state index contributed by atoms with van der Waals surface area (Å²) in [5, 5.41) is 0. The summed E-state index contributed by atoms with van der Waals surface area (Å²) >= 11 is 0. The molecule has 0 bridgehead atoms. The van der Waals surface area contributed by atoms with Gasteiger partial charge in [-0.05, 0) is 45.6 Å². The van der Waals surface area contributed by atoms with Crippen molar-refractivity contribution in [2.24, 2.45) is 5.92 Å². The summed E-state index contributed by atoms with van der Waals surface area (Å²) in [5.74, 6) is 0.515. The maximum Gasteiger partial charge on any atom is 0.142 e. The fourth-order valence-corrected chi connectivity index (χ4v) is 1.12. The lowest BCUT2D eigenvalue weighted by molar-refractivity contribution is -0.104. The molecule has 0 saturated heterocycles. The van der Waals surface area contributed by atoms with Gasteiger partial charge in [0.15, 0.2) is 0 Å². The van der Waals surface area contributed by atoms with Gasteiger partial charge in [0.1, 0.15) is 6.29 Å². The first-order chi connectivity index (χ1) is 6.07. The lowest BCUT2D eigenvalue weighted by Crippen LogP contribution is -1.95. The molecule has 0 aromatic carbocycles. The van der Waals surface area contributed by atoms with Crippen molar-refractivity contribution in [3.05, 3.63) is 23.3 Å². The first kappa shape index (κ1) is 12.2. The molecule has 0 N–H and O–H groups in total. The summed E-state index contributed by atoms with van der Waals surface area (Å²) in [6.07, 6.45) is 7.00. The average molecular weight is 180 g/mol. The second-order valence-corrected chi connectivity index (χ2v) is 3.81. The van der Waals surface area contributed by atoms with Gasteiger partial charge in [0, 0.05) is 0 Å². The maximum atomic E-state index is 10.2. The minimum absolute atomic E-state index is 0.515. The Morgan fingerprint density at radius 1 is 1.31 bits per heavy atom. The number of hydrogen-bond acceptors (Lipinski definition) is 1. The third-order valence-electron chi connectivity index (χ3n) is 2.26. The van der Waals surface area contributed by atoms with E-state index in [0.717, 1.165) is 19.1 Å². The zero-order valence-electron chi connectivity index (χ0n) is 9.13. The van der Waals surface area contributed by atoms with Crippen LogP contribution < -0.4 is 0 Å². The van der Waals surface area contributed by atoms with Crippen molar-refractivity contribution < 1.29 is 4.79 Å². The van der Waals surface area contributed by atoms with Crippen molar-refractivity contribution in [3.8, 4) is 0 Å². The van der Waals surface area contributed by atoms with Gasteiger partial charge >= 0.3 is 0 Å². The van der Waals surface area contributed by atoms with E-state index in [2.05, 4.69) is 26.8 Å². The first-order valence-electron chi connectivity index (χ1n) is 4.83. The summed E-state index contributed by atoms with van der Waals surface area (Å²) < 4.78 is 0.